The lowest BCUT2D eigenvalue weighted by molar-refractivity contribution is -0.131. The van der Waals surface area contributed by atoms with Crippen molar-refractivity contribution in [3.8, 4) is 24.9 Å². The lowest BCUT2D eigenvalue weighted by atomic mass is 10.3. The van der Waals surface area contributed by atoms with E-state index in [9.17, 15) is 4.79 Å². The third-order valence-corrected chi connectivity index (χ3v) is 0.572. The first-order valence-electron chi connectivity index (χ1n) is 2.04. The van der Waals surface area contributed by atoms with Crippen molar-refractivity contribution in [3.63, 3.8) is 0 Å². The summed E-state index contributed by atoms with van der Waals surface area (Å²) in [5, 5.41) is 0. The van der Waals surface area contributed by atoms with Gasteiger partial charge in [-0.05, 0) is 0 Å². The van der Waals surface area contributed by atoms with Gasteiger partial charge in [-0.3, -0.25) is 0 Å². The molecule has 2 nitrogen and oxygen atoms in total. The molecule has 44 valence electrons. The van der Waals surface area contributed by atoms with Crippen LogP contribution in [0.4, 0.5) is 0 Å². The Morgan fingerprint density at radius 2 is 2.11 bits per heavy atom. The van der Waals surface area contributed by atoms with Crippen LogP contribution in [0, 0.1) is 24.9 Å². The summed E-state index contributed by atoms with van der Waals surface area (Å²) in [6.45, 7) is 3.19. The molecule has 0 fully saturated rings. The van der Waals surface area contributed by atoms with Gasteiger partial charge in [0.25, 0.3) is 0 Å². The van der Waals surface area contributed by atoms with Gasteiger partial charge in [-0.1, -0.05) is 18.9 Å². The second kappa shape index (κ2) is 3.35. The highest BCUT2D eigenvalue weighted by molar-refractivity contribution is 5.93. The smallest absolute Gasteiger partial charge is 0.359 e. The molecular formula is C7H4O2. The monoisotopic (exact) mass is 120 g/mol. The maximum Gasteiger partial charge on any atom is 0.359 e. The van der Waals surface area contributed by atoms with E-state index in [1.165, 1.54) is 0 Å². The molecule has 0 aromatic rings. The first kappa shape index (κ1) is 7.33. The second-order valence-corrected chi connectivity index (χ2v) is 1.13. The topological polar surface area (TPSA) is 26.3 Å². The predicted octanol–water partition coefficient (Wildman–Crippen LogP) is 0.310. The molecule has 0 amide bonds. The molecule has 0 atom stereocenters. The van der Waals surface area contributed by atoms with E-state index in [-0.39, 0.29) is 5.57 Å². The second-order valence-electron chi connectivity index (χ2n) is 1.13. The molecule has 0 saturated heterocycles. The van der Waals surface area contributed by atoms with Gasteiger partial charge >= 0.3 is 5.97 Å². The molecule has 0 heterocycles. The number of carbonyl (C=O) groups is 1. The number of hydrogen-bond acceptors (Lipinski definition) is 2. The lowest BCUT2D eigenvalue weighted by Gasteiger charge is -1.89. The van der Waals surface area contributed by atoms with Crippen molar-refractivity contribution in [3.05, 3.63) is 12.2 Å². The molecule has 0 N–H and O–H groups in total. The van der Waals surface area contributed by atoms with Crippen molar-refractivity contribution in [1.29, 1.82) is 0 Å². The summed E-state index contributed by atoms with van der Waals surface area (Å²) < 4.78 is 4.04. The van der Waals surface area contributed by atoms with E-state index >= 15 is 0 Å². The number of ether oxygens (including phenoxy) is 1. The largest absolute Gasteiger partial charge is 0.368 e. The molecule has 0 rings (SSSR count). The molecule has 0 aromatic heterocycles. The quantitative estimate of drug-likeness (QED) is 0.283. The zero-order chi connectivity index (χ0) is 7.28. The molecule has 0 aromatic carbocycles. The Hall–Kier alpha value is -1.67. The van der Waals surface area contributed by atoms with Gasteiger partial charge in [-0.25, -0.2) is 4.79 Å². The molecule has 0 aliphatic carbocycles. The van der Waals surface area contributed by atoms with E-state index in [0.717, 1.165) is 0 Å². The third-order valence-electron chi connectivity index (χ3n) is 0.572. The van der Waals surface area contributed by atoms with Crippen LogP contribution in [-0.4, -0.2) is 5.97 Å². The Bertz CT molecular complexity index is 212. The van der Waals surface area contributed by atoms with Gasteiger partial charge in [0.2, 0.25) is 0 Å². The summed E-state index contributed by atoms with van der Waals surface area (Å²) in [5.74, 6) is 1.23. The number of rotatable bonds is 1. The number of esters is 1. The van der Waals surface area contributed by atoms with Crippen molar-refractivity contribution in [2.24, 2.45) is 0 Å². The van der Waals surface area contributed by atoms with Crippen LogP contribution >= 0.6 is 0 Å². The summed E-state index contributed by atoms with van der Waals surface area (Å²) in [6.07, 6.45) is 11.1. The molecule has 0 saturated carbocycles. The van der Waals surface area contributed by atoms with Crippen molar-refractivity contribution in [2.45, 2.75) is 0 Å². The molecule has 0 aliphatic heterocycles. The minimum atomic E-state index is -0.750. The van der Waals surface area contributed by atoms with Crippen molar-refractivity contribution in [1.82, 2.24) is 0 Å². The maximum atomic E-state index is 10.4. The fraction of sp³-hybridized carbons (Fsp3) is 0. The minimum Gasteiger partial charge on any atom is -0.368 e. The number of hydrogen-bond donors (Lipinski definition) is 0. The Morgan fingerprint density at radius 3 is 2.44 bits per heavy atom. The SMILES string of the molecule is C#COC(=O)C(=C)C#C. The van der Waals surface area contributed by atoms with Crippen LogP contribution in [-0.2, 0) is 9.53 Å². The van der Waals surface area contributed by atoms with Gasteiger partial charge < -0.3 is 4.74 Å². The molecule has 0 aliphatic rings. The molecule has 0 spiro atoms. The molecule has 0 bridgehead atoms. The molecule has 9 heavy (non-hydrogen) atoms. The van der Waals surface area contributed by atoms with E-state index in [0.29, 0.717) is 0 Å². The zero-order valence-corrected chi connectivity index (χ0v) is 4.68. The Labute approximate surface area is 53.5 Å². The standard InChI is InChI=1S/C7H4O2/c1-4-6(3)7(8)9-5-2/h1-2H,3H2. The fourth-order valence-electron chi connectivity index (χ4n) is 0.174. The van der Waals surface area contributed by atoms with Gasteiger partial charge in [0.1, 0.15) is 11.7 Å². The Balaban J connectivity index is 3.97. The highest BCUT2D eigenvalue weighted by Crippen LogP contribution is 1.88. The van der Waals surface area contributed by atoms with E-state index < -0.39 is 5.97 Å². The first-order chi connectivity index (χ1) is 4.22. The van der Waals surface area contributed by atoms with Gasteiger partial charge in [0.05, 0.1) is 0 Å². The molecular weight excluding hydrogens is 116 g/mol. The zero-order valence-electron chi connectivity index (χ0n) is 4.68. The van der Waals surface area contributed by atoms with Crippen LogP contribution in [0.25, 0.3) is 0 Å². The van der Waals surface area contributed by atoms with Crippen molar-refractivity contribution < 1.29 is 9.53 Å². The highest BCUT2D eigenvalue weighted by Gasteiger charge is 2.01. The Morgan fingerprint density at radius 1 is 1.56 bits per heavy atom. The average Bonchev–Trinajstić information content (AvgIpc) is 1.87. The normalized spacial score (nSPS) is 6.44. The average molecular weight is 120 g/mol. The molecule has 0 radical (unpaired) electrons. The summed E-state index contributed by atoms with van der Waals surface area (Å²) in [4.78, 5) is 10.4. The van der Waals surface area contributed by atoms with Crippen LogP contribution < -0.4 is 0 Å². The van der Waals surface area contributed by atoms with Crippen molar-refractivity contribution in [2.75, 3.05) is 0 Å². The number of terminal acetylenes is 2. The van der Waals surface area contributed by atoms with Crippen LogP contribution in [0.5, 0.6) is 0 Å². The van der Waals surface area contributed by atoms with Gasteiger partial charge in [0.15, 0.2) is 0 Å². The summed E-state index contributed by atoms with van der Waals surface area (Å²) in [6, 6.07) is 0. The lowest BCUT2D eigenvalue weighted by Crippen LogP contribution is -2.00. The third kappa shape index (κ3) is 2.21. The summed E-state index contributed by atoms with van der Waals surface area (Å²) in [7, 11) is 0. The first-order valence-corrected chi connectivity index (χ1v) is 2.04. The van der Waals surface area contributed by atoms with Crippen LogP contribution in [0.3, 0.4) is 0 Å². The number of carbonyl (C=O) groups excluding carboxylic acids is 1. The van der Waals surface area contributed by atoms with Gasteiger partial charge in [0, 0.05) is 0 Å². The molecule has 0 unspecified atom stereocenters. The van der Waals surface area contributed by atoms with Crippen LogP contribution in [0.2, 0.25) is 0 Å². The van der Waals surface area contributed by atoms with E-state index in [4.69, 9.17) is 6.42 Å². The fourth-order valence-corrected chi connectivity index (χ4v) is 0.174. The van der Waals surface area contributed by atoms with E-state index in [1.807, 2.05) is 5.92 Å². The maximum absolute atomic E-state index is 10.4. The van der Waals surface area contributed by atoms with E-state index in [2.05, 4.69) is 17.7 Å². The highest BCUT2D eigenvalue weighted by atomic mass is 16.5. The molecule has 2 heteroatoms. The van der Waals surface area contributed by atoms with Gasteiger partial charge in [-0.15, -0.1) is 6.42 Å². The summed E-state index contributed by atoms with van der Waals surface area (Å²) >= 11 is 0. The van der Waals surface area contributed by atoms with Gasteiger partial charge in [-0.2, -0.15) is 0 Å². The predicted molar refractivity (Wildman–Crippen MR) is 32.9 cm³/mol. The van der Waals surface area contributed by atoms with E-state index in [1.54, 1.807) is 6.11 Å². The van der Waals surface area contributed by atoms with Crippen LogP contribution in [0.15, 0.2) is 12.2 Å². The van der Waals surface area contributed by atoms with Crippen LogP contribution in [0.1, 0.15) is 0 Å². The summed E-state index contributed by atoms with van der Waals surface area (Å²) in [5.41, 5.74) is -0.0760. The Kier molecular flexibility index (Phi) is 2.73. The minimum absolute atomic E-state index is 0.0760. The van der Waals surface area contributed by atoms with Crippen molar-refractivity contribution >= 4 is 5.97 Å².